The lowest BCUT2D eigenvalue weighted by molar-refractivity contribution is 1.41. The second kappa shape index (κ2) is 11.5. The van der Waals surface area contributed by atoms with Crippen LogP contribution in [0, 0.1) is 0 Å². The van der Waals surface area contributed by atoms with Gasteiger partial charge in [-0.15, -0.1) is 22.7 Å². The van der Waals surface area contributed by atoms with E-state index in [2.05, 4.69) is 143 Å². The molecular formula is C40H26N2S2. The summed E-state index contributed by atoms with van der Waals surface area (Å²) in [6, 6.07) is 48.3. The maximum Gasteiger partial charge on any atom is 0.123 e. The number of rotatable bonds is 6. The molecule has 0 aliphatic carbocycles. The van der Waals surface area contributed by atoms with Gasteiger partial charge in [-0.2, -0.15) is 0 Å². The molecule has 0 unspecified atom stereocenters. The molecule has 0 atom stereocenters. The van der Waals surface area contributed by atoms with Crippen molar-refractivity contribution in [3.8, 4) is 65.6 Å². The van der Waals surface area contributed by atoms with Gasteiger partial charge in [-0.25, -0.2) is 9.97 Å². The minimum atomic E-state index is 1.03. The minimum Gasteiger partial charge on any atom is -0.245 e. The molecule has 2 aromatic heterocycles. The molecule has 0 fully saturated rings. The van der Waals surface area contributed by atoms with Gasteiger partial charge in [-0.05, 0) is 55.3 Å². The van der Waals surface area contributed by atoms with Crippen LogP contribution in [0.4, 0.5) is 0 Å². The Morgan fingerprint density at radius 2 is 0.659 bits per heavy atom. The van der Waals surface area contributed by atoms with E-state index in [9.17, 15) is 0 Å². The van der Waals surface area contributed by atoms with Crippen LogP contribution in [0.25, 0.3) is 76.4 Å². The molecule has 0 saturated heterocycles. The highest BCUT2D eigenvalue weighted by atomic mass is 32.1. The summed E-state index contributed by atoms with van der Waals surface area (Å²) < 4.78 is 0. The molecule has 0 spiro atoms. The van der Waals surface area contributed by atoms with E-state index in [-0.39, 0.29) is 0 Å². The van der Waals surface area contributed by atoms with E-state index in [0.29, 0.717) is 0 Å². The molecule has 0 bridgehead atoms. The van der Waals surface area contributed by atoms with Gasteiger partial charge in [0.15, 0.2) is 0 Å². The minimum absolute atomic E-state index is 1.03. The predicted molar refractivity (Wildman–Crippen MR) is 188 cm³/mol. The third-order valence-corrected chi connectivity index (χ3v) is 9.69. The second-order valence-electron chi connectivity index (χ2n) is 10.6. The van der Waals surface area contributed by atoms with Crippen molar-refractivity contribution in [3.05, 3.63) is 157 Å². The molecule has 44 heavy (non-hydrogen) atoms. The van der Waals surface area contributed by atoms with Crippen LogP contribution < -0.4 is 0 Å². The van der Waals surface area contributed by atoms with Gasteiger partial charge >= 0.3 is 0 Å². The summed E-state index contributed by atoms with van der Waals surface area (Å²) in [7, 11) is 0. The Morgan fingerprint density at radius 3 is 1.02 bits per heavy atom. The number of aromatic nitrogens is 2. The monoisotopic (exact) mass is 598 g/mol. The zero-order chi connectivity index (χ0) is 29.3. The van der Waals surface area contributed by atoms with Crippen molar-refractivity contribution < 1.29 is 0 Å². The molecule has 0 radical (unpaired) electrons. The molecule has 4 heteroatoms. The highest BCUT2D eigenvalue weighted by Crippen LogP contribution is 2.51. The Labute approximate surface area is 264 Å². The van der Waals surface area contributed by atoms with Crippen LogP contribution in [0.15, 0.2) is 157 Å². The molecule has 0 N–H and O–H groups in total. The van der Waals surface area contributed by atoms with Gasteiger partial charge in [0.25, 0.3) is 0 Å². The molecule has 2 nitrogen and oxygen atoms in total. The molecule has 2 heterocycles. The van der Waals surface area contributed by atoms with Crippen LogP contribution in [0.5, 0.6) is 0 Å². The maximum absolute atomic E-state index is 4.54. The largest absolute Gasteiger partial charge is 0.245 e. The number of benzene rings is 6. The Balaban J connectivity index is 1.47. The fourth-order valence-corrected chi connectivity index (χ4v) is 7.41. The fourth-order valence-electron chi connectivity index (χ4n) is 6.12. The van der Waals surface area contributed by atoms with Crippen molar-refractivity contribution >= 4 is 33.4 Å². The zero-order valence-corrected chi connectivity index (χ0v) is 25.4. The van der Waals surface area contributed by atoms with Crippen LogP contribution in [0.2, 0.25) is 0 Å². The predicted octanol–water partition coefficient (Wildman–Crippen LogP) is 11.8. The van der Waals surface area contributed by atoms with Crippen molar-refractivity contribution in [1.82, 2.24) is 9.97 Å². The van der Waals surface area contributed by atoms with E-state index in [1.807, 2.05) is 23.2 Å². The van der Waals surface area contributed by atoms with Crippen molar-refractivity contribution in [1.29, 1.82) is 0 Å². The number of nitrogens with zero attached hydrogens (tertiary/aromatic N) is 2. The highest BCUT2D eigenvalue weighted by molar-refractivity contribution is 7.13. The van der Waals surface area contributed by atoms with Crippen LogP contribution in [-0.2, 0) is 0 Å². The summed E-state index contributed by atoms with van der Waals surface area (Å²) in [6.07, 6.45) is 3.73. The number of hydrogen-bond acceptors (Lipinski definition) is 4. The lowest BCUT2D eigenvalue weighted by Gasteiger charge is -2.24. The summed E-state index contributed by atoms with van der Waals surface area (Å²) in [6.45, 7) is 0. The van der Waals surface area contributed by atoms with Gasteiger partial charge in [0.2, 0.25) is 0 Å². The van der Waals surface area contributed by atoms with E-state index >= 15 is 0 Å². The molecule has 8 aromatic rings. The van der Waals surface area contributed by atoms with Crippen molar-refractivity contribution in [3.63, 3.8) is 0 Å². The molecule has 8 rings (SSSR count). The molecular weight excluding hydrogens is 573 g/mol. The summed E-state index contributed by atoms with van der Waals surface area (Å²) in [4.78, 5) is 9.08. The van der Waals surface area contributed by atoms with Gasteiger partial charge in [0.05, 0.1) is 0 Å². The topological polar surface area (TPSA) is 25.8 Å². The van der Waals surface area contributed by atoms with E-state index in [1.54, 1.807) is 22.7 Å². The molecule has 208 valence electrons. The first-order chi connectivity index (χ1) is 21.8. The van der Waals surface area contributed by atoms with Gasteiger partial charge in [-0.1, -0.05) is 133 Å². The lowest BCUT2D eigenvalue weighted by atomic mass is 9.79. The molecule has 6 aromatic carbocycles. The SMILES string of the molecule is c1ccc(-c2c(-c3ccccc3)c(-c3ccc(-c4nccs4)cc3)c3ccccc3c2-c2ccc(-c3nccs3)cc2)cc1. The number of fused-ring (bicyclic) bond motifs is 1. The number of thiazole rings is 2. The third-order valence-electron chi connectivity index (χ3n) is 8.05. The third kappa shape index (κ3) is 4.75. The Hall–Kier alpha value is -5.16. The Kier molecular flexibility index (Phi) is 6.91. The van der Waals surface area contributed by atoms with E-state index in [1.165, 1.54) is 55.3 Å². The summed E-state index contributed by atoms with van der Waals surface area (Å²) >= 11 is 3.33. The lowest BCUT2D eigenvalue weighted by Crippen LogP contribution is -1.97. The average Bonchev–Trinajstić information content (AvgIpc) is 3.84. The van der Waals surface area contributed by atoms with Gasteiger partial charge in [0, 0.05) is 34.3 Å². The zero-order valence-electron chi connectivity index (χ0n) is 23.7. The Bertz CT molecular complexity index is 2010. The van der Waals surface area contributed by atoms with Gasteiger partial charge < -0.3 is 0 Å². The van der Waals surface area contributed by atoms with Crippen LogP contribution in [0.1, 0.15) is 0 Å². The molecule has 0 amide bonds. The van der Waals surface area contributed by atoms with Crippen molar-refractivity contribution in [2.75, 3.05) is 0 Å². The second-order valence-corrected chi connectivity index (χ2v) is 12.4. The first-order valence-electron chi connectivity index (χ1n) is 14.6. The summed E-state index contributed by atoms with van der Waals surface area (Å²) in [5.41, 5.74) is 12.0. The quantitative estimate of drug-likeness (QED) is 0.190. The summed E-state index contributed by atoms with van der Waals surface area (Å²) in [5.74, 6) is 0. The van der Waals surface area contributed by atoms with E-state index < -0.39 is 0 Å². The molecule has 0 saturated carbocycles. The van der Waals surface area contributed by atoms with E-state index in [4.69, 9.17) is 0 Å². The normalized spacial score (nSPS) is 11.2. The van der Waals surface area contributed by atoms with Crippen LogP contribution in [0.3, 0.4) is 0 Å². The number of hydrogen-bond donors (Lipinski definition) is 0. The fraction of sp³-hybridized carbons (Fsp3) is 0. The first kappa shape index (κ1) is 26.5. The first-order valence-corrected chi connectivity index (χ1v) is 16.3. The molecule has 0 aliphatic heterocycles. The Morgan fingerprint density at radius 1 is 0.318 bits per heavy atom. The maximum atomic E-state index is 4.54. The van der Waals surface area contributed by atoms with Crippen LogP contribution >= 0.6 is 22.7 Å². The highest BCUT2D eigenvalue weighted by Gasteiger charge is 2.24. The van der Waals surface area contributed by atoms with Gasteiger partial charge in [0.1, 0.15) is 10.0 Å². The van der Waals surface area contributed by atoms with Crippen molar-refractivity contribution in [2.45, 2.75) is 0 Å². The summed E-state index contributed by atoms with van der Waals surface area (Å²) in [5, 5.41) is 8.58. The average molecular weight is 599 g/mol. The van der Waals surface area contributed by atoms with Crippen LogP contribution in [-0.4, -0.2) is 9.97 Å². The standard InChI is InChI=1S/C40H26N2S2/c1-3-9-27(10-4-1)37-35(29-15-19-31(20-16-29)39-41-23-25-43-39)33-13-7-8-14-34(33)36(38(37)28-11-5-2-6-12-28)30-17-21-32(22-18-30)40-42-24-26-44-40/h1-26H. The molecule has 0 aliphatic rings. The smallest absolute Gasteiger partial charge is 0.123 e. The van der Waals surface area contributed by atoms with E-state index in [0.717, 1.165) is 21.1 Å². The van der Waals surface area contributed by atoms with Gasteiger partial charge in [-0.3, -0.25) is 0 Å². The van der Waals surface area contributed by atoms with Crippen molar-refractivity contribution in [2.24, 2.45) is 0 Å².